The Kier molecular flexibility index (Phi) is 2.66. The number of aryl methyl sites for hydroxylation is 1. The molecule has 0 aliphatic rings. The Balaban J connectivity index is 2.64. The van der Waals surface area contributed by atoms with E-state index in [1.807, 2.05) is 42.1 Å². The highest BCUT2D eigenvalue weighted by molar-refractivity contribution is 5.89. The third-order valence-corrected chi connectivity index (χ3v) is 2.84. The van der Waals surface area contributed by atoms with Crippen LogP contribution in [0.5, 0.6) is 0 Å². The van der Waals surface area contributed by atoms with Gasteiger partial charge in [0, 0.05) is 30.7 Å². The number of carboxylic acids is 1. The Labute approximate surface area is 93.3 Å². The Hall–Kier alpha value is -1.81. The van der Waals surface area contributed by atoms with Crippen LogP contribution >= 0.6 is 0 Å². The molecule has 2 rings (SSSR count). The minimum Gasteiger partial charge on any atom is -0.481 e. The largest absolute Gasteiger partial charge is 0.481 e. The molecule has 4 heteroatoms. The van der Waals surface area contributed by atoms with Crippen molar-refractivity contribution in [2.75, 3.05) is 6.54 Å². The van der Waals surface area contributed by atoms with Crippen molar-refractivity contribution in [3.8, 4) is 0 Å². The number of fused-ring (bicyclic) bond motifs is 1. The Bertz CT molecular complexity index is 531. The van der Waals surface area contributed by atoms with Crippen LogP contribution < -0.4 is 5.73 Å². The molecular formula is C12H14N2O2. The lowest BCUT2D eigenvalue weighted by atomic mass is 9.99. The van der Waals surface area contributed by atoms with E-state index < -0.39 is 11.9 Å². The van der Waals surface area contributed by atoms with E-state index in [-0.39, 0.29) is 6.54 Å². The number of aromatic nitrogens is 1. The van der Waals surface area contributed by atoms with Crippen molar-refractivity contribution in [1.82, 2.24) is 4.57 Å². The normalized spacial score (nSPS) is 12.9. The van der Waals surface area contributed by atoms with Crippen LogP contribution in [0.3, 0.4) is 0 Å². The molecule has 0 fully saturated rings. The zero-order valence-corrected chi connectivity index (χ0v) is 9.05. The highest BCUT2D eigenvalue weighted by atomic mass is 16.4. The molecule has 0 aliphatic heterocycles. The van der Waals surface area contributed by atoms with Gasteiger partial charge in [-0.3, -0.25) is 4.79 Å². The Morgan fingerprint density at radius 2 is 2.19 bits per heavy atom. The van der Waals surface area contributed by atoms with Gasteiger partial charge in [0.1, 0.15) is 0 Å². The van der Waals surface area contributed by atoms with E-state index in [1.165, 1.54) is 0 Å². The average molecular weight is 218 g/mol. The summed E-state index contributed by atoms with van der Waals surface area (Å²) in [5.41, 5.74) is 7.33. The van der Waals surface area contributed by atoms with Crippen LogP contribution in [0.2, 0.25) is 0 Å². The summed E-state index contributed by atoms with van der Waals surface area (Å²) in [5, 5.41) is 10.1. The van der Waals surface area contributed by atoms with Crippen molar-refractivity contribution >= 4 is 16.9 Å². The maximum atomic E-state index is 11.1. The predicted molar refractivity (Wildman–Crippen MR) is 62.4 cm³/mol. The van der Waals surface area contributed by atoms with Gasteiger partial charge in [-0.05, 0) is 11.6 Å². The molecule has 0 saturated carbocycles. The maximum Gasteiger partial charge on any atom is 0.312 e. The van der Waals surface area contributed by atoms with Crippen molar-refractivity contribution in [3.05, 3.63) is 36.0 Å². The summed E-state index contributed by atoms with van der Waals surface area (Å²) >= 11 is 0. The van der Waals surface area contributed by atoms with Gasteiger partial charge >= 0.3 is 5.97 Å². The van der Waals surface area contributed by atoms with E-state index in [0.717, 1.165) is 16.5 Å². The molecule has 1 unspecified atom stereocenters. The van der Waals surface area contributed by atoms with Gasteiger partial charge in [-0.25, -0.2) is 0 Å². The lowest BCUT2D eigenvalue weighted by molar-refractivity contribution is -0.138. The van der Waals surface area contributed by atoms with Crippen LogP contribution in [0.15, 0.2) is 30.5 Å². The fourth-order valence-electron chi connectivity index (χ4n) is 2.01. The number of rotatable bonds is 3. The van der Waals surface area contributed by atoms with Gasteiger partial charge in [-0.1, -0.05) is 18.2 Å². The van der Waals surface area contributed by atoms with Crippen molar-refractivity contribution in [2.24, 2.45) is 12.8 Å². The summed E-state index contributed by atoms with van der Waals surface area (Å²) in [6, 6.07) is 7.73. The van der Waals surface area contributed by atoms with Crippen molar-refractivity contribution < 1.29 is 9.90 Å². The molecule has 0 aliphatic carbocycles. The second kappa shape index (κ2) is 3.98. The molecule has 0 amide bonds. The number of carbonyl (C=O) groups is 1. The SMILES string of the molecule is Cn1cc(C(CN)C(=O)O)c2ccccc21. The van der Waals surface area contributed by atoms with Gasteiger partial charge < -0.3 is 15.4 Å². The van der Waals surface area contributed by atoms with E-state index in [2.05, 4.69) is 0 Å². The fourth-order valence-corrected chi connectivity index (χ4v) is 2.01. The number of para-hydroxylation sites is 1. The molecule has 3 N–H and O–H groups in total. The van der Waals surface area contributed by atoms with Crippen LogP contribution in [-0.2, 0) is 11.8 Å². The number of hydrogen-bond donors (Lipinski definition) is 2. The van der Waals surface area contributed by atoms with Crippen LogP contribution in [0, 0.1) is 0 Å². The first-order chi connectivity index (χ1) is 7.65. The lowest BCUT2D eigenvalue weighted by Gasteiger charge is -2.07. The summed E-state index contributed by atoms with van der Waals surface area (Å²) in [4.78, 5) is 11.1. The lowest BCUT2D eigenvalue weighted by Crippen LogP contribution is -2.20. The zero-order chi connectivity index (χ0) is 11.7. The predicted octanol–water partition coefficient (Wildman–Crippen LogP) is 1.31. The second-order valence-corrected chi connectivity index (χ2v) is 3.84. The number of nitrogens with two attached hydrogens (primary N) is 1. The Morgan fingerprint density at radius 1 is 1.50 bits per heavy atom. The summed E-state index contributed by atoms with van der Waals surface area (Å²) in [6.45, 7) is 0.114. The summed E-state index contributed by atoms with van der Waals surface area (Å²) in [7, 11) is 1.90. The van der Waals surface area contributed by atoms with Crippen LogP contribution in [0.25, 0.3) is 10.9 Å². The first-order valence-corrected chi connectivity index (χ1v) is 5.12. The number of hydrogen-bond acceptors (Lipinski definition) is 2. The van der Waals surface area contributed by atoms with E-state index >= 15 is 0 Å². The van der Waals surface area contributed by atoms with Crippen molar-refractivity contribution in [2.45, 2.75) is 5.92 Å². The minimum absolute atomic E-state index is 0.114. The van der Waals surface area contributed by atoms with Crippen LogP contribution in [0.1, 0.15) is 11.5 Å². The molecule has 1 aromatic heterocycles. The van der Waals surface area contributed by atoms with Gasteiger partial charge in [-0.15, -0.1) is 0 Å². The molecule has 0 spiro atoms. The average Bonchev–Trinajstić information content (AvgIpc) is 2.58. The number of carboxylic acid groups (broad SMARTS) is 1. The van der Waals surface area contributed by atoms with Gasteiger partial charge in [-0.2, -0.15) is 0 Å². The quantitative estimate of drug-likeness (QED) is 0.816. The number of nitrogens with zero attached hydrogens (tertiary/aromatic N) is 1. The highest BCUT2D eigenvalue weighted by Crippen LogP contribution is 2.26. The monoisotopic (exact) mass is 218 g/mol. The van der Waals surface area contributed by atoms with E-state index in [9.17, 15) is 4.79 Å². The smallest absolute Gasteiger partial charge is 0.312 e. The fraction of sp³-hybridized carbons (Fsp3) is 0.250. The van der Waals surface area contributed by atoms with E-state index in [1.54, 1.807) is 0 Å². The molecule has 1 atom stereocenters. The molecule has 0 bridgehead atoms. The summed E-state index contributed by atoms with van der Waals surface area (Å²) in [5.74, 6) is -1.51. The molecule has 0 radical (unpaired) electrons. The van der Waals surface area contributed by atoms with Crippen molar-refractivity contribution in [3.63, 3.8) is 0 Å². The molecule has 16 heavy (non-hydrogen) atoms. The first-order valence-electron chi connectivity index (χ1n) is 5.12. The van der Waals surface area contributed by atoms with Gasteiger partial charge in [0.05, 0.1) is 5.92 Å². The van der Waals surface area contributed by atoms with Crippen LogP contribution in [-0.4, -0.2) is 22.2 Å². The zero-order valence-electron chi connectivity index (χ0n) is 9.05. The number of benzene rings is 1. The summed E-state index contributed by atoms with van der Waals surface area (Å²) < 4.78 is 1.93. The molecular weight excluding hydrogens is 204 g/mol. The number of aliphatic carboxylic acids is 1. The van der Waals surface area contributed by atoms with E-state index in [4.69, 9.17) is 10.8 Å². The minimum atomic E-state index is -0.876. The third kappa shape index (κ3) is 1.57. The molecule has 0 saturated heterocycles. The van der Waals surface area contributed by atoms with Crippen molar-refractivity contribution in [1.29, 1.82) is 0 Å². The molecule has 1 aromatic carbocycles. The molecule has 4 nitrogen and oxygen atoms in total. The molecule has 2 aromatic rings. The van der Waals surface area contributed by atoms with Crippen LogP contribution in [0.4, 0.5) is 0 Å². The van der Waals surface area contributed by atoms with Gasteiger partial charge in [0.25, 0.3) is 0 Å². The van der Waals surface area contributed by atoms with Gasteiger partial charge in [0.2, 0.25) is 0 Å². The summed E-state index contributed by atoms with van der Waals surface area (Å²) in [6.07, 6.45) is 1.84. The molecule has 1 heterocycles. The second-order valence-electron chi connectivity index (χ2n) is 3.84. The highest BCUT2D eigenvalue weighted by Gasteiger charge is 2.21. The third-order valence-electron chi connectivity index (χ3n) is 2.84. The topological polar surface area (TPSA) is 68.2 Å². The molecule has 84 valence electrons. The van der Waals surface area contributed by atoms with Gasteiger partial charge in [0.15, 0.2) is 0 Å². The Morgan fingerprint density at radius 3 is 2.81 bits per heavy atom. The first kappa shape index (κ1) is 10.7. The standard InChI is InChI=1S/C12H14N2O2/c1-14-7-10(9(6-13)12(15)16)8-4-2-3-5-11(8)14/h2-5,7,9H,6,13H2,1H3,(H,15,16). The van der Waals surface area contributed by atoms with E-state index in [0.29, 0.717) is 0 Å². The maximum absolute atomic E-state index is 11.1.